The third-order valence-corrected chi connectivity index (χ3v) is 2.04. The summed E-state index contributed by atoms with van der Waals surface area (Å²) in [5, 5.41) is 7.43. The van der Waals surface area contributed by atoms with E-state index in [0.29, 0.717) is 11.3 Å². The fraction of sp³-hybridized carbons (Fsp3) is 0.357. The predicted octanol–water partition coefficient (Wildman–Crippen LogP) is 2.89. The number of benzene rings is 1. The lowest BCUT2D eigenvalue weighted by Gasteiger charge is -2.08. The molecule has 108 valence electrons. The molecule has 0 unspecified atom stereocenters. The Bertz CT molecular complexity index is 396. The van der Waals surface area contributed by atoms with Crippen molar-refractivity contribution in [3.8, 4) is 5.75 Å². The van der Waals surface area contributed by atoms with E-state index >= 15 is 0 Å². The van der Waals surface area contributed by atoms with Crippen molar-refractivity contribution >= 4 is 24.0 Å². The molecule has 0 aliphatic heterocycles. The van der Waals surface area contributed by atoms with Gasteiger partial charge in [0, 0.05) is 11.3 Å². The smallest absolute Gasteiger partial charge is 0.125 e. The molecule has 0 spiro atoms. The lowest BCUT2D eigenvalue weighted by atomic mass is 10.0. The standard InChI is InChI=1S/C11H15N3O.C2H6.CH4S/c1-7(12)10(11(13)14)8-3-5-9(15-2)6-4-8;2*1-2/h3-6H,12H2,1-2H3,(H3,13,14);1-2H3;2H,1H3/b10-7-;;. The first-order chi connectivity index (χ1) is 9.06. The molecule has 0 aliphatic rings. The second-order valence-electron chi connectivity index (χ2n) is 3.20. The molecule has 4 nitrogen and oxygen atoms in total. The molecule has 0 saturated carbocycles. The summed E-state index contributed by atoms with van der Waals surface area (Å²) in [5.74, 6) is 0.733. The lowest BCUT2D eigenvalue weighted by Crippen LogP contribution is -2.15. The van der Waals surface area contributed by atoms with Crippen LogP contribution in [0.4, 0.5) is 0 Å². The average molecular weight is 283 g/mol. The fourth-order valence-electron chi connectivity index (χ4n) is 1.35. The Morgan fingerprint density at radius 2 is 1.53 bits per heavy atom. The van der Waals surface area contributed by atoms with Gasteiger partial charge in [0.25, 0.3) is 0 Å². The molecule has 0 aromatic heterocycles. The van der Waals surface area contributed by atoms with Crippen molar-refractivity contribution in [1.29, 1.82) is 5.41 Å². The number of hydrogen-bond acceptors (Lipinski definition) is 4. The normalized spacial score (nSPS) is 10.0. The maximum Gasteiger partial charge on any atom is 0.125 e. The Morgan fingerprint density at radius 3 is 1.79 bits per heavy atom. The molecule has 1 rings (SSSR count). The van der Waals surface area contributed by atoms with Crippen LogP contribution in [0.5, 0.6) is 5.75 Å². The summed E-state index contributed by atoms with van der Waals surface area (Å²) in [5.41, 5.74) is 13.0. The maximum absolute atomic E-state index is 7.43. The molecule has 0 aliphatic carbocycles. The first-order valence-electron chi connectivity index (χ1n) is 5.96. The van der Waals surface area contributed by atoms with Gasteiger partial charge >= 0.3 is 0 Å². The van der Waals surface area contributed by atoms with E-state index in [0.717, 1.165) is 11.3 Å². The Labute approximate surface area is 121 Å². The highest BCUT2D eigenvalue weighted by atomic mass is 32.1. The molecule has 0 amide bonds. The molecule has 0 atom stereocenters. The Hall–Kier alpha value is -1.62. The van der Waals surface area contributed by atoms with Crippen molar-refractivity contribution in [2.75, 3.05) is 13.4 Å². The quantitative estimate of drug-likeness (QED) is 0.391. The first-order valence-corrected chi connectivity index (χ1v) is 6.85. The highest BCUT2D eigenvalue weighted by Crippen LogP contribution is 2.19. The molecule has 1 aromatic carbocycles. The van der Waals surface area contributed by atoms with E-state index in [1.165, 1.54) is 0 Å². The first kappa shape index (κ1) is 19.7. The number of ether oxygens (including phenoxy) is 1. The number of hydrogen-bond donors (Lipinski definition) is 4. The Morgan fingerprint density at radius 1 is 1.11 bits per heavy atom. The molecule has 1 aromatic rings. The van der Waals surface area contributed by atoms with Crippen LogP contribution in [-0.4, -0.2) is 19.2 Å². The minimum atomic E-state index is -0.0276. The minimum absolute atomic E-state index is 0.0276. The number of thiol groups is 1. The zero-order valence-electron chi connectivity index (χ0n) is 12.3. The van der Waals surface area contributed by atoms with Gasteiger partial charge in [-0.15, -0.1) is 0 Å². The van der Waals surface area contributed by atoms with Crippen LogP contribution in [0, 0.1) is 5.41 Å². The molecule has 5 heteroatoms. The van der Waals surface area contributed by atoms with Crippen LogP contribution in [-0.2, 0) is 0 Å². The maximum atomic E-state index is 7.43. The number of rotatable bonds is 3. The highest BCUT2D eigenvalue weighted by Gasteiger charge is 2.07. The number of methoxy groups -OCH3 is 1. The van der Waals surface area contributed by atoms with Crippen LogP contribution < -0.4 is 16.2 Å². The molecular weight excluding hydrogens is 258 g/mol. The average Bonchev–Trinajstić information content (AvgIpc) is 2.43. The third-order valence-electron chi connectivity index (χ3n) is 2.04. The van der Waals surface area contributed by atoms with E-state index in [2.05, 4.69) is 12.6 Å². The number of allylic oxidation sites excluding steroid dienone is 1. The largest absolute Gasteiger partial charge is 0.497 e. The second kappa shape index (κ2) is 11.5. The van der Waals surface area contributed by atoms with E-state index < -0.39 is 0 Å². The van der Waals surface area contributed by atoms with Gasteiger partial charge in [-0.2, -0.15) is 12.6 Å². The van der Waals surface area contributed by atoms with Crippen molar-refractivity contribution in [1.82, 2.24) is 0 Å². The molecule has 0 saturated heterocycles. The van der Waals surface area contributed by atoms with Gasteiger partial charge in [-0.25, -0.2) is 0 Å². The van der Waals surface area contributed by atoms with Crippen LogP contribution >= 0.6 is 12.6 Å². The molecule has 0 bridgehead atoms. The van der Waals surface area contributed by atoms with E-state index in [1.807, 2.05) is 26.0 Å². The van der Waals surface area contributed by atoms with E-state index in [4.69, 9.17) is 21.6 Å². The summed E-state index contributed by atoms with van der Waals surface area (Å²) >= 11 is 3.53. The van der Waals surface area contributed by atoms with Gasteiger partial charge < -0.3 is 16.2 Å². The molecule has 19 heavy (non-hydrogen) atoms. The van der Waals surface area contributed by atoms with Crippen molar-refractivity contribution in [2.24, 2.45) is 11.5 Å². The summed E-state index contributed by atoms with van der Waals surface area (Å²) in [6.45, 7) is 5.72. The van der Waals surface area contributed by atoms with Gasteiger partial charge in [-0.3, -0.25) is 5.41 Å². The molecule has 0 fully saturated rings. The van der Waals surface area contributed by atoms with Crippen molar-refractivity contribution in [2.45, 2.75) is 20.8 Å². The Balaban J connectivity index is 0. The molecule has 5 N–H and O–H groups in total. The number of nitrogens with one attached hydrogen (secondary N) is 1. The summed E-state index contributed by atoms with van der Waals surface area (Å²) in [4.78, 5) is 0. The van der Waals surface area contributed by atoms with Crippen LogP contribution in [0.2, 0.25) is 0 Å². The van der Waals surface area contributed by atoms with Crippen molar-refractivity contribution in [3.63, 3.8) is 0 Å². The van der Waals surface area contributed by atoms with Gasteiger partial charge in [-0.05, 0) is 30.9 Å². The Kier molecular flexibility index (Phi) is 11.9. The zero-order valence-corrected chi connectivity index (χ0v) is 13.2. The van der Waals surface area contributed by atoms with Gasteiger partial charge in [-0.1, -0.05) is 26.0 Å². The SMILES string of the molecule is CC.COc1ccc(/C(C(=N)N)=C(\C)N)cc1.CS. The molecule has 0 heterocycles. The molecule has 0 radical (unpaired) electrons. The highest BCUT2D eigenvalue weighted by molar-refractivity contribution is 7.79. The van der Waals surface area contributed by atoms with Crippen molar-refractivity contribution < 1.29 is 4.74 Å². The summed E-state index contributed by atoms with van der Waals surface area (Å²) in [6, 6.07) is 7.26. The van der Waals surface area contributed by atoms with Gasteiger partial charge in [0.15, 0.2) is 0 Å². The van der Waals surface area contributed by atoms with E-state index in [-0.39, 0.29) is 5.84 Å². The number of amidine groups is 1. The third kappa shape index (κ3) is 6.76. The van der Waals surface area contributed by atoms with Crippen LogP contribution in [0.1, 0.15) is 26.3 Å². The van der Waals surface area contributed by atoms with Crippen LogP contribution in [0.25, 0.3) is 5.57 Å². The van der Waals surface area contributed by atoms with Crippen molar-refractivity contribution in [3.05, 3.63) is 35.5 Å². The predicted molar refractivity (Wildman–Crippen MR) is 87.9 cm³/mol. The topological polar surface area (TPSA) is 85.1 Å². The lowest BCUT2D eigenvalue weighted by molar-refractivity contribution is 0.415. The van der Waals surface area contributed by atoms with Gasteiger partial charge in [0.05, 0.1) is 7.11 Å². The van der Waals surface area contributed by atoms with E-state index in [1.54, 1.807) is 32.4 Å². The minimum Gasteiger partial charge on any atom is -0.497 e. The summed E-state index contributed by atoms with van der Waals surface area (Å²) in [7, 11) is 1.60. The zero-order chi connectivity index (χ0) is 15.4. The number of nitrogens with two attached hydrogens (primary N) is 2. The van der Waals surface area contributed by atoms with Crippen LogP contribution in [0.3, 0.4) is 0 Å². The summed E-state index contributed by atoms with van der Waals surface area (Å²) in [6.07, 6.45) is 1.69. The van der Waals surface area contributed by atoms with Gasteiger partial charge in [0.2, 0.25) is 0 Å². The van der Waals surface area contributed by atoms with E-state index in [9.17, 15) is 0 Å². The fourth-order valence-corrected chi connectivity index (χ4v) is 1.35. The molecular formula is C14H25N3OS. The second-order valence-corrected chi connectivity index (χ2v) is 3.20. The van der Waals surface area contributed by atoms with Gasteiger partial charge in [0.1, 0.15) is 11.6 Å². The summed E-state index contributed by atoms with van der Waals surface area (Å²) < 4.78 is 5.04. The monoisotopic (exact) mass is 283 g/mol. The van der Waals surface area contributed by atoms with Crippen LogP contribution in [0.15, 0.2) is 30.0 Å².